The van der Waals surface area contributed by atoms with E-state index in [-0.39, 0.29) is 18.1 Å². The molecule has 0 unspecified atom stereocenters. The maximum atomic E-state index is 13.9. The molecule has 7 heteroatoms. The average Bonchev–Trinajstić information content (AvgIpc) is 3.36. The quantitative estimate of drug-likeness (QED) is 0.725. The largest absolute Gasteiger partial charge is 0.462 e. The summed E-state index contributed by atoms with van der Waals surface area (Å²) in [6, 6.07) is 8.30. The van der Waals surface area contributed by atoms with Gasteiger partial charge in [-0.2, -0.15) is 0 Å². The van der Waals surface area contributed by atoms with Gasteiger partial charge in [0.2, 0.25) is 5.91 Å². The van der Waals surface area contributed by atoms with E-state index in [4.69, 9.17) is 4.42 Å². The average molecular weight is 371 g/mol. The minimum Gasteiger partial charge on any atom is -0.462 e. The highest BCUT2D eigenvalue weighted by atomic mass is 32.1. The third-order valence-electron chi connectivity index (χ3n) is 4.26. The summed E-state index contributed by atoms with van der Waals surface area (Å²) in [5, 5.41) is 5.34. The number of nitrogens with zero attached hydrogens (tertiary/aromatic N) is 2. The highest BCUT2D eigenvalue weighted by Gasteiger charge is 2.15. The maximum Gasteiger partial charge on any atom is 0.230 e. The lowest BCUT2D eigenvalue weighted by atomic mass is 10.2. The fourth-order valence-electron chi connectivity index (χ4n) is 3.08. The first-order valence-electron chi connectivity index (χ1n) is 8.51. The maximum absolute atomic E-state index is 13.9. The number of thiazole rings is 1. The van der Waals surface area contributed by atoms with Crippen molar-refractivity contribution in [1.82, 2.24) is 4.98 Å². The van der Waals surface area contributed by atoms with Crippen molar-refractivity contribution in [3.8, 4) is 10.8 Å². The summed E-state index contributed by atoms with van der Waals surface area (Å²) >= 11 is 1.43. The minimum atomic E-state index is -0.349. The molecule has 26 heavy (non-hydrogen) atoms. The van der Waals surface area contributed by atoms with Crippen molar-refractivity contribution >= 4 is 28.6 Å². The van der Waals surface area contributed by atoms with E-state index in [1.807, 2.05) is 17.5 Å². The van der Waals surface area contributed by atoms with E-state index in [1.165, 1.54) is 23.5 Å². The number of aromatic nitrogens is 1. The molecule has 0 radical (unpaired) electrons. The van der Waals surface area contributed by atoms with Crippen LogP contribution >= 0.6 is 11.3 Å². The van der Waals surface area contributed by atoms with Crippen molar-refractivity contribution < 1.29 is 13.6 Å². The van der Waals surface area contributed by atoms with Crippen LogP contribution in [0.5, 0.6) is 0 Å². The van der Waals surface area contributed by atoms with Gasteiger partial charge in [-0.25, -0.2) is 9.37 Å². The predicted molar refractivity (Wildman–Crippen MR) is 100.0 cm³/mol. The van der Waals surface area contributed by atoms with Gasteiger partial charge in [0, 0.05) is 29.8 Å². The first-order valence-corrected chi connectivity index (χ1v) is 9.39. The molecule has 0 spiro atoms. The van der Waals surface area contributed by atoms with Crippen molar-refractivity contribution in [3.05, 3.63) is 53.5 Å². The number of hydrogen-bond donors (Lipinski definition) is 1. The normalized spacial score (nSPS) is 14.0. The van der Waals surface area contributed by atoms with Crippen molar-refractivity contribution in [2.24, 2.45) is 0 Å². The second kappa shape index (κ2) is 7.29. The van der Waals surface area contributed by atoms with Crippen LogP contribution in [-0.2, 0) is 11.2 Å². The van der Waals surface area contributed by atoms with Crippen molar-refractivity contribution in [2.75, 3.05) is 23.3 Å². The molecule has 5 nitrogen and oxygen atoms in total. The van der Waals surface area contributed by atoms with Gasteiger partial charge in [0.15, 0.2) is 10.8 Å². The molecule has 0 atom stereocenters. The molecule has 2 aromatic heterocycles. The molecule has 1 saturated heterocycles. The first-order chi connectivity index (χ1) is 12.7. The van der Waals surface area contributed by atoms with E-state index in [2.05, 4.69) is 15.2 Å². The summed E-state index contributed by atoms with van der Waals surface area (Å²) in [4.78, 5) is 18.9. The number of hydrogen-bond acceptors (Lipinski definition) is 5. The smallest absolute Gasteiger partial charge is 0.230 e. The molecule has 1 amide bonds. The number of benzene rings is 1. The van der Waals surface area contributed by atoms with Gasteiger partial charge in [-0.15, -0.1) is 11.3 Å². The van der Waals surface area contributed by atoms with E-state index in [9.17, 15) is 9.18 Å². The number of anilines is 2. The number of furan rings is 1. The summed E-state index contributed by atoms with van der Waals surface area (Å²) in [6.07, 6.45) is 3.94. The summed E-state index contributed by atoms with van der Waals surface area (Å²) < 4.78 is 19.2. The Labute approximate surface area is 154 Å². The molecule has 1 aliphatic rings. The molecule has 134 valence electrons. The molecule has 3 aromatic rings. The zero-order valence-electron chi connectivity index (χ0n) is 14.1. The zero-order valence-corrected chi connectivity index (χ0v) is 14.9. The van der Waals surface area contributed by atoms with Crippen LogP contribution in [0.4, 0.5) is 15.8 Å². The van der Waals surface area contributed by atoms with Crippen LogP contribution < -0.4 is 10.2 Å². The fourth-order valence-corrected chi connectivity index (χ4v) is 3.86. The molecular weight excluding hydrogens is 353 g/mol. The molecule has 0 aliphatic carbocycles. The Morgan fingerprint density at radius 1 is 1.31 bits per heavy atom. The lowest BCUT2D eigenvalue weighted by Crippen LogP contribution is -2.19. The Morgan fingerprint density at radius 3 is 2.92 bits per heavy atom. The van der Waals surface area contributed by atoms with Gasteiger partial charge in [0.25, 0.3) is 0 Å². The van der Waals surface area contributed by atoms with Crippen LogP contribution in [-0.4, -0.2) is 24.0 Å². The van der Waals surface area contributed by atoms with Gasteiger partial charge < -0.3 is 14.6 Å². The Balaban J connectivity index is 1.43. The number of rotatable bonds is 5. The Kier molecular flexibility index (Phi) is 4.71. The Bertz CT molecular complexity index is 901. The van der Waals surface area contributed by atoms with Crippen LogP contribution in [0.25, 0.3) is 10.8 Å². The minimum absolute atomic E-state index is 0.132. The van der Waals surface area contributed by atoms with Crippen LogP contribution in [0.1, 0.15) is 18.5 Å². The molecule has 0 bridgehead atoms. The predicted octanol–water partition coefficient (Wildman–Crippen LogP) is 4.32. The van der Waals surface area contributed by atoms with Crippen LogP contribution in [0.3, 0.4) is 0 Å². The summed E-state index contributed by atoms with van der Waals surface area (Å²) in [7, 11) is 0. The number of carbonyl (C=O) groups is 1. The molecule has 1 N–H and O–H groups in total. The molecule has 4 rings (SSSR count). The highest BCUT2D eigenvalue weighted by molar-refractivity contribution is 7.13. The second-order valence-corrected chi connectivity index (χ2v) is 7.10. The SMILES string of the molecule is O=C(Cc1csc(-c2ccco2)n1)Nc1cc(F)cc(N2CCCC2)c1. The molecule has 1 aromatic carbocycles. The van der Waals surface area contributed by atoms with Crippen molar-refractivity contribution in [2.45, 2.75) is 19.3 Å². The molecule has 1 fully saturated rings. The third-order valence-corrected chi connectivity index (χ3v) is 5.17. The lowest BCUT2D eigenvalue weighted by Gasteiger charge is -2.18. The summed E-state index contributed by atoms with van der Waals surface area (Å²) in [5.74, 6) is 0.111. The van der Waals surface area contributed by atoms with Crippen molar-refractivity contribution in [3.63, 3.8) is 0 Å². The van der Waals surface area contributed by atoms with Gasteiger partial charge in [-0.05, 0) is 43.2 Å². The summed E-state index contributed by atoms with van der Waals surface area (Å²) in [5.41, 5.74) is 1.94. The van der Waals surface area contributed by atoms with Crippen LogP contribution in [0.2, 0.25) is 0 Å². The lowest BCUT2D eigenvalue weighted by molar-refractivity contribution is -0.115. The summed E-state index contributed by atoms with van der Waals surface area (Å²) in [6.45, 7) is 1.84. The molecular formula is C19H18FN3O2S. The van der Waals surface area contributed by atoms with E-state index in [0.29, 0.717) is 17.1 Å². The van der Waals surface area contributed by atoms with Crippen LogP contribution in [0, 0.1) is 5.82 Å². The molecule has 1 aliphatic heterocycles. The fraction of sp³-hybridized carbons (Fsp3) is 0.263. The van der Waals surface area contributed by atoms with E-state index in [0.717, 1.165) is 36.6 Å². The van der Waals surface area contributed by atoms with E-state index < -0.39 is 0 Å². The van der Waals surface area contributed by atoms with Gasteiger partial charge in [-0.3, -0.25) is 4.79 Å². The van der Waals surface area contributed by atoms with Crippen LogP contribution in [0.15, 0.2) is 46.4 Å². The number of amides is 1. The topological polar surface area (TPSA) is 58.4 Å². The van der Waals surface area contributed by atoms with Crippen molar-refractivity contribution in [1.29, 1.82) is 0 Å². The van der Waals surface area contributed by atoms with Gasteiger partial charge >= 0.3 is 0 Å². The highest BCUT2D eigenvalue weighted by Crippen LogP contribution is 2.26. The number of nitrogens with one attached hydrogen (secondary N) is 1. The standard InChI is InChI=1S/C19H18FN3O2S/c20-13-8-14(10-16(9-13)23-5-1-2-6-23)21-18(24)11-15-12-26-19(22-15)17-4-3-7-25-17/h3-4,7-10,12H,1-2,5-6,11H2,(H,21,24). The second-order valence-electron chi connectivity index (χ2n) is 6.24. The Hall–Kier alpha value is -2.67. The van der Waals surface area contributed by atoms with Gasteiger partial charge in [0.1, 0.15) is 5.82 Å². The first kappa shape index (κ1) is 16.8. The van der Waals surface area contributed by atoms with E-state index >= 15 is 0 Å². The molecule has 3 heterocycles. The van der Waals surface area contributed by atoms with Gasteiger partial charge in [0.05, 0.1) is 18.4 Å². The number of halogens is 1. The monoisotopic (exact) mass is 371 g/mol. The zero-order chi connectivity index (χ0) is 17.9. The third kappa shape index (κ3) is 3.77. The van der Waals surface area contributed by atoms with Gasteiger partial charge in [-0.1, -0.05) is 0 Å². The molecule has 0 saturated carbocycles. The Morgan fingerprint density at radius 2 is 2.15 bits per heavy atom. The van der Waals surface area contributed by atoms with E-state index in [1.54, 1.807) is 12.3 Å². The number of carbonyl (C=O) groups excluding carboxylic acids is 1.